The van der Waals surface area contributed by atoms with Crippen molar-refractivity contribution in [2.45, 2.75) is 25.9 Å². The number of ether oxygens (including phenoxy) is 1. The van der Waals surface area contributed by atoms with Crippen molar-refractivity contribution in [3.8, 4) is 12.3 Å². The molecule has 1 aromatic carbocycles. The molecule has 1 aromatic rings. The monoisotopic (exact) mass is 200 g/mol. The first-order valence-corrected chi connectivity index (χ1v) is 5.44. The van der Waals surface area contributed by atoms with Gasteiger partial charge in [-0.05, 0) is 18.4 Å². The summed E-state index contributed by atoms with van der Waals surface area (Å²) >= 11 is 0. The number of hydrogen-bond donors (Lipinski definition) is 0. The molecule has 1 aliphatic rings. The van der Waals surface area contributed by atoms with Crippen molar-refractivity contribution < 1.29 is 4.74 Å². The third-order valence-electron chi connectivity index (χ3n) is 3.11. The Balaban J connectivity index is 1.78. The topological polar surface area (TPSA) is 9.23 Å². The zero-order valence-corrected chi connectivity index (χ0v) is 8.91. The molecule has 0 spiro atoms. The van der Waals surface area contributed by atoms with Gasteiger partial charge in [-0.1, -0.05) is 42.7 Å². The van der Waals surface area contributed by atoms with E-state index in [4.69, 9.17) is 11.2 Å². The molecular weight excluding hydrogens is 184 g/mol. The van der Waals surface area contributed by atoms with Crippen LogP contribution in [0, 0.1) is 17.8 Å². The molecule has 0 heterocycles. The Morgan fingerprint density at radius 3 is 2.53 bits per heavy atom. The van der Waals surface area contributed by atoms with Crippen LogP contribution >= 0.6 is 0 Å². The molecule has 0 aromatic heterocycles. The summed E-state index contributed by atoms with van der Waals surface area (Å²) in [4.78, 5) is 0. The van der Waals surface area contributed by atoms with Gasteiger partial charge in [-0.2, -0.15) is 0 Å². The van der Waals surface area contributed by atoms with Crippen LogP contribution in [0.5, 0.6) is 0 Å². The van der Waals surface area contributed by atoms with E-state index < -0.39 is 0 Å². The highest BCUT2D eigenvalue weighted by Gasteiger charge is 2.35. The maximum absolute atomic E-state index is 5.68. The van der Waals surface area contributed by atoms with Gasteiger partial charge in [0.1, 0.15) is 0 Å². The standard InChI is InChI=1S/C14H16O/c1-2-14(9-6-10-14)12-15-11-13-7-4-3-5-8-13/h1,3-5,7-8H,6,9-12H2. The Morgan fingerprint density at radius 2 is 2.00 bits per heavy atom. The first kappa shape index (κ1) is 10.3. The summed E-state index contributed by atoms with van der Waals surface area (Å²) in [6.07, 6.45) is 9.01. The van der Waals surface area contributed by atoms with Gasteiger partial charge in [-0.15, -0.1) is 6.42 Å². The van der Waals surface area contributed by atoms with Crippen molar-refractivity contribution in [2.75, 3.05) is 6.61 Å². The highest BCUT2D eigenvalue weighted by atomic mass is 16.5. The first-order chi connectivity index (χ1) is 7.35. The van der Waals surface area contributed by atoms with Crippen LogP contribution in [0.1, 0.15) is 24.8 Å². The highest BCUT2D eigenvalue weighted by molar-refractivity contribution is 5.14. The average Bonchev–Trinajstić information content (AvgIpc) is 2.24. The van der Waals surface area contributed by atoms with Crippen molar-refractivity contribution in [2.24, 2.45) is 5.41 Å². The van der Waals surface area contributed by atoms with Crippen LogP contribution in [0.4, 0.5) is 0 Å². The van der Waals surface area contributed by atoms with E-state index in [1.54, 1.807) is 0 Å². The molecule has 1 nitrogen and oxygen atoms in total. The number of hydrogen-bond acceptors (Lipinski definition) is 1. The van der Waals surface area contributed by atoms with Crippen molar-refractivity contribution in [1.29, 1.82) is 0 Å². The fraction of sp³-hybridized carbons (Fsp3) is 0.429. The molecule has 1 heteroatoms. The molecule has 0 aliphatic heterocycles. The Morgan fingerprint density at radius 1 is 1.27 bits per heavy atom. The van der Waals surface area contributed by atoms with Gasteiger partial charge in [-0.3, -0.25) is 0 Å². The molecule has 0 radical (unpaired) electrons. The lowest BCUT2D eigenvalue weighted by Gasteiger charge is -2.36. The molecular formula is C14H16O. The lowest BCUT2D eigenvalue weighted by Crippen LogP contribution is -2.32. The highest BCUT2D eigenvalue weighted by Crippen LogP contribution is 2.40. The van der Waals surface area contributed by atoms with E-state index in [0.29, 0.717) is 13.2 Å². The minimum absolute atomic E-state index is 0.0504. The van der Waals surface area contributed by atoms with Gasteiger partial charge in [-0.25, -0.2) is 0 Å². The van der Waals surface area contributed by atoms with Crippen LogP contribution < -0.4 is 0 Å². The molecule has 0 amide bonds. The Labute approximate surface area is 91.5 Å². The number of rotatable bonds is 4. The Hall–Kier alpha value is -1.26. The summed E-state index contributed by atoms with van der Waals surface area (Å²) in [5.41, 5.74) is 1.26. The minimum Gasteiger partial charge on any atom is -0.375 e. The van der Waals surface area contributed by atoms with Crippen molar-refractivity contribution >= 4 is 0 Å². The van der Waals surface area contributed by atoms with E-state index in [9.17, 15) is 0 Å². The molecule has 1 saturated carbocycles. The predicted octanol–water partition coefficient (Wildman–Crippen LogP) is 3.01. The average molecular weight is 200 g/mol. The van der Waals surface area contributed by atoms with E-state index in [1.165, 1.54) is 12.0 Å². The van der Waals surface area contributed by atoms with Gasteiger partial charge in [0.2, 0.25) is 0 Å². The summed E-state index contributed by atoms with van der Waals surface area (Å²) in [5.74, 6) is 2.88. The van der Waals surface area contributed by atoms with Crippen LogP contribution in [0.2, 0.25) is 0 Å². The van der Waals surface area contributed by atoms with Crippen LogP contribution in [0.3, 0.4) is 0 Å². The van der Waals surface area contributed by atoms with Gasteiger partial charge in [0, 0.05) is 0 Å². The summed E-state index contributed by atoms with van der Waals surface area (Å²) < 4.78 is 5.68. The van der Waals surface area contributed by atoms with Gasteiger partial charge >= 0.3 is 0 Å². The number of benzene rings is 1. The maximum atomic E-state index is 5.68. The van der Waals surface area contributed by atoms with Crippen molar-refractivity contribution in [3.63, 3.8) is 0 Å². The van der Waals surface area contributed by atoms with Gasteiger partial charge < -0.3 is 4.74 Å². The van der Waals surface area contributed by atoms with Crippen molar-refractivity contribution in [3.05, 3.63) is 35.9 Å². The van der Waals surface area contributed by atoms with E-state index in [0.717, 1.165) is 12.8 Å². The maximum Gasteiger partial charge on any atom is 0.0717 e. The zero-order chi connectivity index (χ0) is 10.6. The Bertz CT molecular complexity index is 343. The van der Waals surface area contributed by atoms with Crippen LogP contribution in [-0.4, -0.2) is 6.61 Å². The molecule has 0 atom stereocenters. The largest absolute Gasteiger partial charge is 0.375 e. The molecule has 78 valence electrons. The van der Waals surface area contributed by atoms with Gasteiger partial charge in [0.15, 0.2) is 0 Å². The SMILES string of the molecule is C#CC1(COCc2ccccc2)CCC1. The van der Waals surface area contributed by atoms with Gasteiger partial charge in [0.05, 0.1) is 18.6 Å². The third kappa shape index (κ3) is 2.40. The summed E-state index contributed by atoms with van der Waals surface area (Å²) in [5, 5.41) is 0. The molecule has 0 bridgehead atoms. The third-order valence-corrected chi connectivity index (χ3v) is 3.11. The molecule has 1 fully saturated rings. The predicted molar refractivity (Wildman–Crippen MR) is 61.2 cm³/mol. The molecule has 0 saturated heterocycles. The summed E-state index contributed by atoms with van der Waals surface area (Å²) in [6.45, 7) is 1.38. The number of terminal acetylenes is 1. The Kier molecular flexibility index (Phi) is 3.08. The fourth-order valence-corrected chi connectivity index (χ4v) is 1.87. The van der Waals surface area contributed by atoms with E-state index in [2.05, 4.69) is 18.1 Å². The lowest BCUT2D eigenvalue weighted by atomic mass is 9.70. The summed E-state index contributed by atoms with van der Waals surface area (Å²) in [6, 6.07) is 10.2. The van der Waals surface area contributed by atoms with Crippen LogP contribution in [0.25, 0.3) is 0 Å². The first-order valence-electron chi connectivity index (χ1n) is 5.44. The van der Waals surface area contributed by atoms with E-state index >= 15 is 0 Å². The lowest BCUT2D eigenvalue weighted by molar-refractivity contribution is 0.0232. The molecule has 1 aliphatic carbocycles. The van der Waals surface area contributed by atoms with Crippen LogP contribution in [0.15, 0.2) is 30.3 Å². The second-order valence-electron chi connectivity index (χ2n) is 4.26. The minimum atomic E-state index is 0.0504. The van der Waals surface area contributed by atoms with Crippen LogP contribution in [-0.2, 0) is 11.3 Å². The molecule has 15 heavy (non-hydrogen) atoms. The summed E-state index contributed by atoms with van der Waals surface area (Å²) in [7, 11) is 0. The normalized spacial score (nSPS) is 17.8. The van der Waals surface area contributed by atoms with E-state index in [1.807, 2.05) is 18.2 Å². The smallest absolute Gasteiger partial charge is 0.0717 e. The van der Waals surface area contributed by atoms with E-state index in [-0.39, 0.29) is 5.41 Å². The zero-order valence-electron chi connectivity index (χ0n) is 8.91. The molecule has 2 rings (SSSR count). The second-order valence-corrected chi connectivity index (χ2v) is 4.26. The van der Waals surface area contributed by atoms with Gasteiger partial charge in [0.25, 0.3) is 0 Å². The fourth-order valence-electron chi connectivity index (χ4n) is 1.87. The second kappa shape index (κ2) is 4.51. The molecule has 0 N–H and O–H groups in total. The molecule has 0 unspecified atom stereocenters. The quantitative estimate of drug-likeness (QED) is 0.679. The van der Waals surface area contributed by atoms with Crippen molar-refractivity contribution in [1.82, 2.24) is 0 Å².